The molecule has 1 aromatic carbocycles. The fourth-order valence-electron chi connectivity index (χ4n) is 1.64. The van der Waals surface area contributed by atoms with E-state index in [4.69, 9.17) is 0 Å². The Bertz CT molecular complexity index is 583. The van der Waals surface area contributed by atoms with Crippen LogP contribution in [0.15, 0.2) is 18.2 Å². The molecule has 18 heavy (non-hydrogen) atoms. The molecular formula is C13H16BrN3O. The number of halogens is 1. The number of alkyl halides is 1. The van der Waals surface area contributed by atoms with Crippen LogP contribution in [0.25, 0.3) is 11.0 Å². The van der Waals surface area contributed by atoms with E-state index in [9.17, 15) is 4.79 Å². The summed E-state index contributed by atoms with van der Waals surface area (Å²) in [4.78, 5) is 19.1. The molecule has 0 aliphatic heterocycles. The van der Waals surface area contributed by atoms with Crippen molar-refractivity contribution >= 4 is 38.6 Å². The number of aromatic nitrogens is 2. The molecule has 0 aliphatic carbocycles. The minimum atomic E-state index is -0.0649. The van der Waals surface area contributed by atoms with Gasteiger partial charge in [0.1, 0.15) is 5.82 Å². The van der Waals surface area contributed by atoms with Gasteiger partial charge in [-0.15, -0.1) is 0 Å². The zero-order valence-electron chi connectivity index (χ0n) is 10.7. The highest BCUT2D eigenvalue weighted by Crippen LogP contribution is 2.24. The van der Waals surface area contributed by atoms with Crippen LogP contribution in [0.2, 0.25) is 0 Å². The van der Waals surface area contributed by atoms with E-state index in [2.05, 4.69) is 52.0 Å². The fraction of sp³-hybridized carbons (Fsp3) is 0.385. The van der Waals surface area contributed by atoms with E-state index in [0.29, 0.717) is 5.33 Å². The summed E-state index contributed by atoms with van der Waals surface area (Å²) in [6, 6.07) is 5.67. The lowest BCUT2D eigenvalue weighted by atomic mass is 9.96. The molecule has 2 N–H and O–H groups in total. The van der Waals surface area contributed by atoms with Crippen molar-refractivity contribution in [1.82, 2.24) is 9.97 Å². The van der Waals surface area contributed by atoms with E-state index >= 15 is 0 Å². The summed E-state index contributed by atoms with van der Waals surface area (Å²) in [5.74, 6) is 0.881. The van der Waals surface area contributed by atoms with E-state index in [1.54, 1.807) is 0 Å². The third-order valence-corrected chi connectivity index (χ3v) is 3.11. The molecule has 0 atom stereocenters. The Labute approximate surface area is 114 Å². The summed E-state index contributed by atoms with van der Waals surface area (Å²) < 4.78 is 0. The van der Waals surface area contributed by atoms with Gasteiger partial charge in [-0.25, -0.2) is 4.98 Å². The van der Waals surface area contributed by atoms with Crippen LogP contribution in [-0.4, -0.2) is 21.2 Å². The third-order valence-electron chi connectivity index (χ3n) is 2.60. The number of imidazole rings is 1. The van der Waals surface area contributed by atoms with Crippen LogP contribution >= 0.6 is 15.9 Å². The molecule has 0 saturated heterocycles. The zero-order chi connectivity index (χ0) is 13.3. The van der Waals surface area contributed by atoms with Gasteiger partial charge in [-0.2, -0.15) is 0 Å². The SMILES string of the molecule is CC(C)(C)c1nc2ccc(NC(=O)CBr)cc2[nH]1. The molecule has 0 aliphatic rings. The highest BCUT2D eigenvalue weighted by Gasteiger charge is 2.18. The van der Waals surface area contributed by atoms with Gasteiger partial charge >= 0.3 is 0 Å². The lowest BCUT2D eigenvalue weighted by Gasteiger charge is -2.13. The third kappa shape index (κ3) is 2.72. The first-order valence-corrected chi connectivity index (χ1v) is 6.88. The first kappa shape index (κ1) is 13.1. The van der Waals surface area contributed by atoms with Crippen LogP contribution in [0.3, 0.4) is 0 Å². The molecule has 0 fully saturated rings. The summed E-state index contributed by atoms with van der Waals surface area (Å²) in [6.45, 7) is 6.33. The predicted octanol–water partition coefficient (Wildman–Crippen LogP) is 3.19. The number of hydrogen-bond acceptors (Lipinski definition) is 2. The highest BCUT2D eigenvalue weighted by atomic mass is 79.9. The van der Waals surface area contributed by atoms with Gasteiger partial charge in [-0.3, -0.25) is 4.79 Å². The Hall–Kier alpha value is -1.36. The zero-order valence-corrected chi connectivity index (χ0v) is 12.3. The molecule has 1 amide bonds. The predicted molar refractivity (Wildman–Crippen MR) is 77.2 cm³/mol. The molecule has 0 radical (unpaired) electrons. The van der Waals surface area contributed by atoms with Crippen LogP contribution in [0.4, 0.5) is 5.69 Å². The first-order chi connectivity index (χ1) is 8.40. The number of H-pyrrole nitrogens is 1. The van der Waals surface area contributed by atoms with Crippen molar-refractivity contribution in [2.45, 2.75) is 26.2 Å². The Morgan fingerprint density at radius 1 is 1.44 bits per heavy atom. The molecule has 0 bridgehead atoms. The van der Waals surface area contributed by atoms with Gasteiger partial charge in [-0.1, -0.05) is 36.7 Å². The van der Waals surface area contributed by atoms with Crippen molar-refractivity contribution in [3.8, 4) is 0 Å². The van der Waals surface area contributed by atoms with Crippen molar-refractivity contribution in [3.63, 3.8) is 0 Å². The van der Waals surface area contributed by atoms with Gasteiger partial charge in [0.05, 0.1) is 16.4 Å². The average Bonchev–Trinajstić information content (AvgIpc) is 2.71. The minimum Gasteiger partial charge on any atom is -0.341 e. The van der Waals surface area contributed by atoms with Crippen LogP contribution in [0.5, 0.6) is 0 Å². The smallest absolute Gasteiger partial charge is 0.235 e. The van der Waals surface area contributed by atoms with Crippen LogP contribution < -0.4 is 5.32 Å². The lowest BCUT2D eigenvalue weighted by molar-refractivity contribution is -0.113. The summed E-state index contributed by atoms with van der Waals surface area (Å²) >= 11 is 3.12. The number of anilines is 1. The number of nitrogens with one attached hydrogen (secondary N) is 2. The number of amides is 1. The van der Waals surface area contributed by atoms with E-state index in [1.165, 1.54) is 0 Å². The van der Waals surface area contributed by atoms with Gasteiger partial charge in [0.2, 0.25) is 5.91 Å². The van der Waals surface area contributed by atoms with E-state index < -0.39 is 0 Å². The maximum Gasteiger partial charge on any atom is 0.235 e. The maximum atomic E-state index is 11.3. The van der Waals surface area contributed by atoms with E-state index in [-0.39, 0.29) is 11.3 Å². The normalized spacial score (nSPS) is 11.8. The number of rotatable bonds is 2. The standard InChI is InChI=1S/C13H16BrN3O/c1-13(2,3)12-16-9-5-4-8(6-10(9)17-12)15-11(18)7-14/h4-6H,7H2,1-3H3,(H,15,18)(H,16,17). The fourth-order valence-corrected chi connectivity index (χ4v) is 1.78. The van der Waals surface area contributed by atoms with E-state index in [1.807, 2.05) is 18.2 Å². The number of carbonyl (C=O) groups excluding carboxylic acids is 1. The number of hydrogen-bond donors (Lipinski definition) is 2. The van der Waals surface area contributed by atoms with Crippen LogP contribution in [0.1, 0.15) is 26.6 Å². The van der Waals surface area contributed by atoms with Crippen LogP contribution in [0, 0.1) is 0 Å². The molecule has 1 heterocycles. The largest absolute Gasteiger partial charge is 0.341 e. The van der Waals surface area contributed by atoms with Gasteiger partial charge in [0.15, 0.2) is 0 Å². The molecule has 0 saturated carbocycles. The Balaban J connectivity index is 2.37. The molecule has 2 aromatic rings. The number of benzene rings is 1. The summed E-state index contributed by atoms with van der Waals surface area (Å²) in [6.07, 6.45) is 0. The maximum absolute atomic E-state index is 11.3. The molecule has 1 aromatic heterocycles. The second kappa shape index (κ2) is 4.72. The van der Waals surface area contributed by atoms with Crippen molar-refractivity contribution in [2.75, 3.05) is 10.6 Å². The minimum absolute atomic E-state index is 0.0156. The number of aromatic amines is 1. The van der Waals surface area contributed by atoms with Crippen molar-refractivity contribution < 1.29 is 4.79 Å². The van der Waals surface area contributed by atoms with Crippen molar-refractivity contribution in [1.29, 1.82) is 0 Å². The molecule has 5 heteroatoms. The van der Waals surface area contributed by atoms with Crippen molar-refractivity contribution in [3.05, 3.63) is 24.0 Å². The Kier molecular flexibility index (Phi) is 3.43. The van der Waals surface area contributed by atoms with Crippen LogP contribution in [-0.2, 0) is 10.2 Å². The lowest BCUT2D eigenvalue weighted by Crippen LogP contribution is -2.13. The number of fused-ring (bicyclic) bond motifs is 1. The second-order valence-corrected chi connectivity index (χ2v) is 5.81. The molecule has 4 nitrogen and oxygen atoms in total. The van der Waals surface area contributed by atoms with E-state index in [0.717, 1.165) is 22.5 Å². The first-order valence-electron chi connectivity index (χ1n) is 5.76. The van der Waals surface area contributed by atoms with Gasteiger partial charge in [0, 0.05) is 11.1 Å². The van der Waals surface area contributed by atoms with Gasteiger partial charge in [0.25, 0.3) is 0 Å². The molecule has 0 spiro atoms. The summed E-state index contributed by atoms with van der Waals surface area (Å²) in [5.41, 5.74) is 2.61. The monoisotopic (exact) mass is 309 g/mol. The average molecular weight is 310 g/mol. The number of nitrogens with zero attached hydrogens (tertiary/aromatic N) is 1. The molecule has 96 valence electrons. The van der Waals surface area contributed by atoms with Gasteiger partial charge < -0.3 is 10.3 Å². The Morgan fingerprint density at radius 3 is 2.78 bits per heavy atom. The second-order valence-electron chi connectivity index (χ2n) is 5.25. The molecule has 2 rings (SSSR count). The summed E-state index contributed by atoms with van der Waals surface area (Å²) in [5, 5.41) is 3.09. The quantitative estimate of drug-likeness (QED) is 0.837. The summed E-state index contributed by atoms with van der Waals surface area (Å²) in [7, 11) is 0. The topological polar surface area (TPSA) is 57.8 Å². The molecule has 0 unspecified atom stereocenters. The highest BCUT2D eigenvalue weighted by molar-refractivity contribution is 9.09. The van der Waals surface area contributed by atoms with Gasteiger partial charge in [-0.05, 0) is 18.2 Å². The van der Waals surface area contributed by atoms with Crippen molar-refractivity contribution in [2.24, 2.45) is 0 Å². The Morgan fingerprint density at radius 2 is 2.17 bits per heavy atom. The number of carbonyl (C=O) groups is 1. The molecular weight excluding hydrogens is 294 g/mol.